The SMILES string of the molecule is Cc1occ(C(F)(F)F)c1C(=O)N[C@@H]1C[C@@H]2CC(C(=O)O)C[C@@H]21. The molecule has 2 fully saturated rings. The smallest absolute Gasteiger partial charge is 0.420 e. The predicted molar refractivity (Wildman–Crippen MR) is 71.7 cm³/mol. The van der Waals surface area contributed by atoms with E-state index in [1.165, 1.54) is 6.92 Å². The summed E-state index contributed by atoms with van der Waals surface area (Å²) in [6, 6.07) is -0.271. The molecule has 1 aromatic heterocycles. The third-order valence-corrected chi connectivity index (χ3v) is 5.00. The average Bonchev–Trinajstić information content (AvgIpc) is 2.96. The van der Waals surface area contributed by atoms with Crippen molar-refractivity contribution >= 4 is 11.9 Å². The summed E-state index contributed by atoms with van der Waals surface area (Å²) < 4.78 is 43.5. The van der Waals surface area contributed by atoms with E-state index in [1.54, 1.807) is 0 Å². The van der Waals surface area contributed by atoms with Crippen molar-refractivity contribution in [3.8, 4) is 0 Å². The van der Waals surface area contributed by atoms with Gasteiger partial charge in [-0.15, -0.1) is 0 Å². The first-order chi connectivity index (χ1) is 10.7. The summed E-state index contributed by atoms with van der Waals surface area (Å²) in [6.45, 7) is 1.31. The minimum atomic E-state index is -4.66. The summed E-state index contributed by atoms with van der Waals surface area (Å²) in [7, 11) is 0. The molecule has 0 bridgehead atoms. The number of amides is 1. The second-order valence-electron chi connectivity index (χ2n) is 6.32. The molecule has 2 aliphatic carbocycles. The van der Waals surface area contributed by atoms with Crippen LogP contribution in [0.25, 0.3) is 0 Å². The van der Waals surface area contributed by atoms with Crippen LogP contribution in [0.2, 0.25) is 0 Å². The quantitative estimate of drug-likeness (QED) is 0.892. The largest absolute Gasteiger partial charge is 0.481 e. The number of halogens is 3. The summed E-state index contributed by atoms with van der Waals surface area (Å²) in [5.74, 6) is -1.91. The Balaban J connectivity index is 1.70. The monoisotopic (exact) mass is 331 g/mol. The van der Waals surface area contributed by atoms with Gasteiger partial charge in [0.15, 0.2) is 0 Å². The van der Waals surface area contributed by atoms with Gasteiger partial charge in [-0.05, 0) is 38.0 Å². The second-order valence-corrected chi connectivity index (χ2v) is 6.32. The number of rotatable bonds is 3. The van der Waals surface area contributed by atoms with Crippen LogP contribution < -0.4 is 5.32 Å². The molecule has 1 heterocycles. The Kier molecular flexibility index (Phi) is 3.65. The van der Waals surface area contributed by atoms with Gasteiger partial charge < -0.3 is 14.8 Å². The van der Waals surface area contributed by atoms with Gasteiger partial charge in [0.25, 0.3) is 5.91 Å². The zero-order valence-electron chi connectivity index (χ0n) is 12.3. The van der Waals surface area contributed by atoms with Gasteiger partial charge in [0.2, 0.25) is 0 Å². The molecule has 5 nitrogen and oxygen atoms in total. The number of aryl methyl sites for hydroxylation is 1. The molecule has 0 saturated heterocycles. The maximum absolute atomic E-state index is 12.9. The molecule has 1 unspecified atom stereocenters. The Morgan fingerprint density at radius 3 is 2.61 bits per heavy atom. The number of furan rings is 1. The minimum absolute atomic E-state index is 0.0293. The number of hydrogen-bond acceptors (Lipinski definition) is 3. The highest BCUT2D eigenvalue weighted by Crippen LogP contribution is 2.50. The topological polar surface area (TPSA) is 79.5 Å². The summed E-state index contributed by atoms with van der Waals surface area (Å²) in [5.41, 5.74) is -1.58. The molecule has 23 heavy (non-hydrogen) atoms. The third kappa shape index (κ3) is 2.70. The molecular weight excluding hydrogens is 315 g/mol. The van der Waals surface area contributed by atoms with Gasteiger partial charge >= 0.3 is 12.1 Å². The first-order valence-corrected chi connectivity index (χ1v) is 7.37. The lowest BCUT2D eigenvalue weighted by Crippen LogP contribution is -2.50. The number of carboxylic acid groups (broad SMARTS) is 1. The van der Waals surface area contributed by atoms with Crippen molar-refractivity contribution in [2.75, 3.05) is 0 Å². The molecule has 126 valence electrons. The molecule has 0 aliphatic heterocycles. The normalized spacial score (nSPS) is 29.7. The fourth-order valence-electron chi connectivity index (χ4n) is 3.78. The van der Waals surface area contributed by atoms with Gasteiger partial charge in [0.05, 0.1) is 11.5 Å². The second kappa shape index (κ2) is 5.28. The van der Waals surface area contributed by atoms with E-state index >= 15 is 0 Å². The molecular formula is C15H16F3NO4. The number of fused-ring (bicyclic) bond motifs is 1. The van der Waals surface area contributed by atoms with E-state index in [0.717, 1.165) is 0 Å². The highest BCUT2D eigenvalue weighted by molar-refractivity contribution is 5.97. The fourth-order valence-corrected chi connectivity index (χ4v) is 3.78. The van der Waals surface area contributed by atoms with Crippen LogP contribution >= 0.6 is 0 Å². The van der Waals surface area contributed by atoms with Crippen LogP contribution in [0.15, 0.2) is 10.7 Å². The zero-order valence-corrected chi connectivity index (χ0v) is 12.3. The van der Waals surface area contributed by atoms with Crippen molar-refractivity contribution in [3.63, 3.8) is 0 Å². The Morgan fingerprint density at radius 1 is 1.30 bits per heavy atom. The van der Waals surface area contributed by atoms with E-state index < -0.39 is 35.1 Å². The number of nitrogens with one attached hydrogen (secondary N) is 1. The summed E-state index contributed by atoms with van der Waals surface area (Å²) in [4.78, 5) is 23.2. The fraction of sp³-hybridized carbons (Fsp3) is 0.600. The van der Waals surface area contributed by atoms with E-state index in [1.807, 2.05) is 0 Å². The Hall–Kier alpha value is -1.99. The first kappa shape index (κ1) is 15.9. The Morgan fingerprint density at radius 2 is 2.00 bits per heavy atom. The number of hydrogen-bond donors (Lipinski definition) is 2. The number of alkyl halides is 3. The molecule has 1 amide bonds. The number of carboxylic acids is 1. The molecule has 0 spiro atoms. The van der Waals surface area contributed by atoms with Crippen molar-refractivity contribution in [1.82, 2.24) is 5.32 Å². The molecule has 2 saturated carbocycles. The van der Waals surface area contributed by atoms with Gasteiger partial charge in [-0.2, -0.15) is 13.2 Å². The zero-order chi connectivity index (χ0) is 16.9. The highest BCUT2D eigenvalue weighted by atomic mass is 19.4. The molecule has 2 N–H and O–H groups in total. The predicted octanol–water partition coefficient (Wildman–Crippen LogP) is 2.84. The lowest BCUT2D eigenvalue weighted by Gasteiger charge is -2.40. The third-order valence-electron chi connectivity index (χ3n) is 5.00. The van der Waals surface area contributed by atoms with Gasteiger partial charge in [-0.1, -0.05) is 0 Å². The molecule has 0 aromatic carbocycles. The Labute approximate surface area is 129 Å². The van der Waals surface area contributed by atoms with Crippen LogP contribution in [0, 0.1) is 24.7 Å². The van der Waals surface area contributed by atoms with Crippen LogP contribution in [-0.4, -0.2) is 23.0 Å². The van der Waals surface area contributed by atoms with Crippen molar-refractivity contribution in [2.24, 2.45) is 17.8 Å². The van der Waals surface area contributed by atoms with Gasteiger partial charge in [-0.3, -0.25) is 9.59 Å². The molecule has 8 heteroatoms. The number of aliphatic carboxylic acids is 1. The highest BCUT2D eigenvalue weighted by Gasteiger charge is 2.50. The summed E-state index contributed by atoms with van der Waals surface area (Å²) in [5, 5.41) is 11.6. The van der Waals surface area contributed by atoms with E-state index in [2.05, 4.69) is 5.32 Å². The van der Waals surface area contributed by atoms with E-state index in [4.69, 9.17) is 9.52 Å². The van der Waals surface area contributed by atoms with Crippen LogP contribution in [0.1, 0.15) is 40.9 Å². The maximum Gasteiger partial charge on any atom is 0.420 e. The van der Waals surface area contributed by atoms with Crippen LogP contribution in [0.4, 0.5) is 13.2 Å². The number of carbonyl (C=O) groups excluding carboxylic acids is 1. The van der Waals surface area contributed by atoms with E-state index in [9.17, 15) is 22.8 Å². The van der Waals surface area contributed by atoms with Gasteiger partial charge in [0, 0.05) is 6.04 Å². The van der Waals surface area contributed by atoms with Gasteiger partial charge in [0.1, 0.15) is 17.6 Å². The lowest BCUT2D eigenvalue weighted by atomic mass is 9.71. The lowest BCUT2D eigenvalue weighted by molar-refractivity contribution is -0.141. The molecule has 3 rings (SSSR count). The Bertz CT molecular complexity index is 652. The van der Waals surface area contributed by atoms with Crippen molar-refractivity contribution in [3.05, 3.63) is 23.2 Å². The molecule has 1 aromatic rings. The molecule has 0 radical (unpaired) electrons. The standard InChI is InChI=1S/C15H16F3NO4/c1-6-12(10(5-23-6)15(16,17)18)13(20)19-11-4-7-2-8(14(21)22)3-9(7)11/h5,7-9,11H,2-4H2,1H3,(H,19,20)(H,21,22)/t7-,8?,9-,11+/m0/s1. The van der Waals surface area contributed by atoms with Crippen molar-refractivity contribution < 1.29 is 32.3 Å². The van der Waals surface area contributed by atoms with Crippen LogP contribution in [0.3, 0.4) is 0 Å². The van der Waals surface area contributed by atoms with E-state index in [0.29, 0.717) is 25.5 Å². The number of carbonyl (C=O) groups is 2. The summed E-state index contributed by atoms with van der Waals surface area (Å²) in [6.07, 6.45) is -2.47. The van der Waals surface area contributed by atoms with E-state index in [-0.39, 0.29) is 23.6 Å². The average molecular weight is 331 g/mol. The van der Waals surface area contributed by atoms with Crippen molar-refractivity contribution in [1.29, 1.82) is 0 Å². The van der Waals surface area contributed by atoms with Crippen LogP contribution in [0.5, 0.6) is 0 Å². The molecule has 4 atom stereocenters. The van der Waals surface area contributed by atoms with Crippen LogP contribution in [-0.2, 0) is 11.0 Å². The first-order valence-electron chi connectivity index (χ1n) is 7.37. The minimum Gasteiger partial charge on any atom is -0.481 e. The molecule has 2 aliphatic rings. The van der Waals surface area contributed by atoms with Gasteiger partial charge in [-0.25, -0.2) is 0 Å². The maximum atomic E-state index is 12.9. The summed E-state index contributed by atoms with van der Waals surface area (Å²) >= 11 is 0. The van der Waals surface area contributed by atoms with Crippen molar-refractivity contribution in [2.45, 2.75) is 38.4 Å².